The molecule has 0 saturated carbocycles. The molecule has 2 aliphatic heterocycles. The summed E-state index contributed by atoms with van der Waals surface area (Å²) in [5, 5.41) is 0. The number of carbonyl (C=O) groups excluding carboxylic acids is 1. The van der Waals surface area contributed by atoms with Crippen LogP contribution in [-0.4, -0.2) is 52.2 Å². The molecule has 7 heteroatoms. The maximum absolute atomic E-state index is 12.5. The molecule has 0 aliphatic carbocycles. The number of aromatic nitrogens is 2. The molecule has 2 aromatic rings. The molecule has 0 radical (unpaired) electrons. The van der Waals surface area contributed by atoms with Gasteiger partial charge < -0.3 is 18.8 Å². The highest BCUT2D eigenvalue weighted by molar-refractivity contribution is 5.92. The Morgan fingerprint density at radius 1 is 1.40 bits per heavy atom. The average Bonchev–Trinajstić information content (AvgIpc) is 3.31. The number of oxazole rings is 1. The second kappa shape index (κ2) is 6.93. The molecule has 2 fully saturated rings. The van der Waals surface area contributed by atoms with E-state index in [2.05, 4.69) is 9.97 Å². The molecule has 2 aliphatic rings. The predicted octanol–water partition coefficient (Wildman–Crippen LogP) is 2.05. The van der Waals surface area contributed by atoms with Crippen LogP contribution in [0.25, 0.3) is 0 Å². The van der Waals surface area contributed by atoms with Crippen molar-refractivity contribution in [3.63, 3.8) is 0 Å². The van der Waals surface area contributed by atoms with E-state index in [4.69, 9.17) is 13.9 Å². The van der Waals surface area contributed by atoms with Gasteiger partial charge in [-0.15, -0.1) is 0 Å². The van der Waals surface area contributed by atoms with Gasteiger partial charge in [0, 0.05) is 25.4 Å². The Morgan fingerprint density at radius 3 is 3.08 bits per heavy atom. The van der Waals surface area contributed by atoms with Gasteiger partial charge in [-0.05, 0) is 30.5 Å². The number of pyridine rings is 1. The van der Waals surface area contributed by atoms with Gasteiger partial charge in [0.2, 0.25) is 0 Å². The lowest BCUT2D eigenvalue weighted by molar-refractivity contribution is -0.0467. The maximum Gasteiger partial charge on any atom is 0.275 e. The lowest BCUT2D eigenvalue weighted by Crippen LogP contribution is -2.50. The van der Waals surface area contributed by atoms with E-state index < -0.39 is 0 Å². The van der Waals surface area contributed by atoms with Gasteiger partial charge in [0.1, 0.15) is 6.26 Å². The summed E-state index contributed by atoms with van der Waals surface area (Å²) in [4.78, 5) is 22.3. The molecule has 2 atom stereocenters. The van der Waals surface area contributed by atoms with E-state index in [1.807, 2.05) is 17.0 Å². The zero-order valence-corrected chi connectivity index (χ0v) is 14.0. The summed E-state index contributed by atoms with van der Waals surface area (Å²) in [7, 11) is 0. The Labute approximate surface area is 146 Å². The van der Waals surface area contributed by atoms with Crippen molar-refractivity contribution in [2.75, 3.05) is 19.7 Å². The first-order valence-corrected chi connectivity index (χ1v) is 8.56. The molecule has 1 spiro atoms. The summed E-state index contributed by atoms with van der Waals surface area (Å²) < 4.78 is 17.0. The molecule has 0 unspecified atom stereocenters. The van der Waals surface area contributed by atoms with Crippen molar-refractivity contribution in [1.82, 2.24) is 14.9 Å². The van der Waals surface area contributed by atoms with E-state index in [-0.39, 0.29) is 17.6 Å². The number of ether oxygens (including phenoxy) is 2. The summed E-state index contributed by atoms with van der Waals surface area (Å²) in [6.45, 7) is 2.42. The number of nitrogens with zero attached hydrogens (tertiary/aromatic N) is 3. The van der Waals surface area contributed by atoms with Crippen LogP contribution in [0.3, 0.4) is 0 Å². The van der Waals surface area contributed by atoms with E-state index in [9.17, 15) is 4.79 Å². The number of rotatable bonds is 4. The molecular formula is C18H21N3O4. The van der Waals surface area contributed by atoms with Gasteiger partial charge >= 0.3 is 0 Å². The molecule has 1 amide bonds. The Balaban J connectivity index is 1.35. The molecule has 4 rings (SSSR count). The van der Waals surface area contributed by atoms with Gasteiger partial charge in [-0.3, -0.25) is 9.78 Å². The van der Waals surface area contributed by atoms with Gasteiger partial charge in [-0.1, -0.05) is 0 Å². The highest BCUT2D eigenvalue weighted by Crippen LogP contribution is 2.36. The van der Waals surface area contributed by atoms with Crippen LogP contribution in [0.4, 0.5) is 0 Å². The van der Waals surface area contributed by atoms with Crippen LogP contribution < -0.4 is 0 Å². The molecule has 2 saturated heterocycles. The Hall–Kier alpha value is -2.25. The maximum atomic E-state index is 12.5. The Kier molecular flexibility index (Phi) is 4.50. The first-order chi connectivity index (χ1) is 12.2. The molecule has 0 bridgehead atoms. The normalized spacial score (nSPS) is 26.2. The second-order valence-electron chi connectivity index (χ2n) is 6.69. The molecule has 2 aromatic heterocycles. The number of piperidine rings is 1. The van der Waals surface area contributed by atoms with Gasteiger partial charge in [0.15, 0.2) is 12.1 Å². The van der Waals surface area contributed by atoms with Crippen molar-refractivity contribution in [3.8, 4) is 0 Å². The molecular weight excluding hydrogens is 322 g/mol. The van der Waals surface area contributed by atoms with Crippen LogP contribution in [0.15, 0.2) is 41.6 Å². The van der Waals surface area contributed by atoms with Crippen molar-refractivity contribution in [1.29, 1.82) is 0 Å². The standard InChI is InChI=1S/C18H21N3O4/c22-17(16-11-23-13-20-16)21-7-1-4-18(12-21)8-15(10-25-18)24-9-14-2-5-19-6-3-14/h2-3,5-6,11,13,15H,1,4,7-10,12H2/t15-,18+/m1/s1. The zero-order valence-electron chi connectivity index (χ0n) is 14.0. The molecule has 7 nitrogen and oxygen atoms in total. The highest BCUT2D eigenvalue weighted by atomic mass is 16.6. The number of hydrogen-bond donors (Lipinski definition) is 0. The Bertz CT molecular complexity index is 706. The number of hydrogen-bond acceptors (Lipinski definition) is 6. The number of likely N-dealkylation sites (tertiary alicyclic amines) is 1. The van der Waals surface area contributed by atoms with Crippen LogP contribution in [0.1, 0.15) is 35.3 Å². The minimum absolute atomic E-state index is 0.0512. The average molecular weight is 343 g/mol. The predicted molar refractivity (Wildman–Crippen MR) is 87.8 cm³/mol. The summed E-state index contributed by atoms with van der Waals surface area (Å²) in [5.41, 5.74) is 1.14. The smallest absolute Gasteiger partial charge is 0.275 e. The first kappa shape index (κ1) is 16.2. The van der Waals surface area contributed by atoms with E-state index >= 15 is 0 Å². The van der Waals surface area contributed by atoms with Gasteiger partial charge in [0.05, 0.1) is 31.5 Å². The zero-order chi connectivity index (χ0) is 17.1. The van der Waals surface area contributed by atoms with Crippen molar-refractivity contribution < 1.29 is 18.7 Å². The van der Waals surface area contributed by atoms with Crippen molar-refractivity contribution in [2.24, 2.45) is 0 Å². The lowest BCUT2D eigenvalue weighted by atomic mass is 9.89. The van der Waals surface area contributed by atoms with Crippen molar-refractivity contribution >= 4 is 5.91 Å². The SMILES string of the molecule is O=C(c1cocn1)N1CCC[C@]2(C[C@@H](OCc3ccncc3)CO2)C1. The fourth-order valence-electron chi connectivity index (χ4n) is 3.64. The molecule has 0 aromatic carbocycles. The third kappa shape index (κ3) is 3.57. The van der Waals surface area contributed by atoms with E-state index in [1.54, 1.807) is 12.4 Å². The van der Waals surface area contributed by atoms with Gasteiger partial charge in [-0.25, -0.2) is 4.98 Å². The van der Waals surface area contributed by atoms with Crippen LogP contribution in [0.2, 0.25) is 0 Å². The van der Waals surface area contributed by atoms with Gasteiger partial charge in [0.25, 0.3) is 5.91 Å². The fraction of sp³-hybridized carbons (Fsp3) is 0.500. The fourth-order valence-corrected chi connectivity index (χ4v) is 3.64. The number of carbonyl (C=O) groups is 1. The van der Waals surface area contributed by atoms with Crippen LogP contribution >= 0.6 is 0 Å². The van der Waals surface area contributed by atoms with Crippen molar-refractivity contribution in [2.45, 2.75) is 37.6 Å². The summed E-state index contributed by atoms with van der Waals surface area (Å²) in [6, 6.07) is 3.90. The minimum atomic E-state index is -0.305. The van der Waals surface area contributed by atoms with Crippen LogP contribution in [-0.2, 0) is 16.1 Å². The van der Waals surface area contributed by atoms with E-state index in [0.29, 0.717) is 25.5 Å². The molecule has 4 heterocycles. The van der Waals surface area contributed by atoms with Gasteiger partial charge in [-0.2, -0.15) is 0 Å². The van der Waals surface area contributed by atoms with Crippen LogP contribution in [0.5, 0.6) is 0 Å². The first-order valence-electron chi connectivity index (χ1n) is 8.56. The van der Waals surface area contributed by atoms with Crippen LogP contribution in [0, 0.1) is 0 Å². The summed E-state index contributed by atoms with van der Waals surface area (Å²) in [6.07, 6.45) is 8.92. The quantitative estimate of drug-likeness (QED) is 0.845. The molecule has 25 heavy (non-hydrogen) atoms. The summed E-state index contributed by atoms with van der Waals surface area (Å²) in [5.74, 6) is -0.0995. The lowest BCUT2D eigenvalue weighted by Gasteiger charge is -2.39. The second-order valence-corrected chi connectivity index (χ2v) is 6.69. The minimum Gasteiger partial charge on any atom is -0.451 e. The van der Waals surface area contributed by atoms with Crippen molar-refractivity contribution in [3.05, 3.63) is 48.4 Å². The third-order valence-electron chi connectivity index (χ3n) is 4.89. The van der Waals surface area contributed by atoms with E-state index in [1.165, 1.54) is 12.7 Å². The Morgan fingerprint density at radius 2 is 2.28 bits per heavy atom. The van der Waals surface area contributed by atoms with E-state index in [0.717, 1.165) is 31.4 Å². The largest absolute Gasteiger partial charge is 0.451 e. The molecule has 0 N–H and O–H groups in total. The topological polar surface area (TPSA) is 77.7 Å². The third-order valence-corrected chi connectivity index (χ3v) is 4.89. The molecule has 132 valence electrons. The number of amides is 1. The monoisotopic (exact) mass is 343 g/mol. The summed E-state index contributed by atoms with van der Waals surface area (Å²) >= 11 is 0. The highest BCUT2D eigenvalue weighted by Gasteiger charge is 2.45.